The lowest BCUT2D eigenvalue weighted by atomic mass is 10.0. The third-order valence-corrected chi connectivity index (χ3v) is 3.13. The highest BCUT2D eigenvalue weighted by atomic mass is 19.1. The summed E-state index contributed by atoms with van der Waals surface area (Å²) in [6.45, 7) is 3.84. The Labute approximate surface area is 112 Å². The Kier molecular flexibility index (Phi) is 3.82. The quantitative estimate of drug-likeness (QED) is 0.894. The minimum absolute atomic E-state index is 0.326. The first-order chi connectivity index (χ1) is 9.11. The molecular formula is C16H15FN2. The summed E-state index contributed by atoms with van der Waals surface area (Å²) in [5, 5.41) is 12.5. The van der Waals surface area contributed by atoms with Crippen molar-refractivity contribution in [2.24, 2.45) is 0 Å². The molecule has 19 heavy (non-hydrogen) atoms. The zero-order valence-electron chi connectivity index (χ0n) is 10.9. The second-order valence-electron chi connectivity index (χ2n) is 4.52. The van der Waals surface area contributed by atoms with Crippen LogP contribution in [0.15, 0.2) is 42.5 Å². The van der Waals surface area contributed by atoms with Gasteiger partial charge in [-0.05, 0) is 48.7 Å². The molecule has 0 radical (unpaired) electrons. The van der Waals surface area contributed by atoms with Crippen LogP contribution in [0.4, 0.5) is 10.1 Å². The summed E-state index contributed by atoms with van der Waals surface area (Å²) in [5.74, 6) is -0.326. The van der Waals surface area contributed by atoms with E-state index >= 15 is 0 Å². The van der Waals surface area contributed by atoms with E-state index in [2.05, 4.69) is 11.4 Å². The molecule has 2 rings (SSSR count). The summed E-state index contributed by atoms with van der Waals surface area (Å²) in [4.78, 5) is 0. The second kappa shape index (κ2) is 5.53. The third-order valence-electron chi connectivity index (χ3n) is 3.13. The molecule has 0 aliphatic carbocycles. The van der Waals surface area contributed by atoms with Crippen LogP contribution >= 0.6 is 0 Å². The fourth-order valence-corrected chi connectivity index (χ4v) is 1.99. The maximum absolute atomic E-state index is 13.3. The molecule has 2 aromatic rings. The predicted octanol–water partition coefficient (Wildman–Crippen LogP) is 4.12. The highest BCUT2D eigenvalue weighted by molar-refractivity contribution is 5.53. The molecule has 0 fully saturated rings. The Hall–Kier alpha value is -2.34. The van der Waals surface area contributed by atoms with Crippen LogP contribution in [-0.2, 0) is 0 Å². The molecule has 1 unspecified atom stereocenters. The summed E-state index contributed by atoms with van der Waals surface area (Å²) in [6.07, 6.45) is 0. The maximum atomic E-state index is 13.3. The summed E-state index contributed by atoms with van der Waals surface area (Å²) < 4.78 is 13.3. The van der Waals surface area contributed by atoms with E-state index in [4.69, 9.17) is 0 Å². The van der Waals surface area contributed by atoms with Crippen molar-refractivity contribution in [3.05, 3.63) is 65.0 Å². The fraction of sp³-hybridized carbons (Fsp3) is 0.188. The van der Waals surface area contributed by atoms with Crippen LogP contribution in [0.5, 0.6) is 0 Å². The molecule has 0 spiro atoms. The number of benzene rings is 2. The zero-order valence-corrected chi connectivity index (χ0v) is 10.9. The van der Waals surface area contributed by atoms with Crippen LogP contribution in [0, 0.1) is 31.0 Å². The Morgan fingerprint density at radius 3 is 2.53 bits per heavy atom. The van der Waals surface area contributed by atoms with Crippen molar-refractivity contribution in [2.45, 2.75) is 19.9 Å². The van der Waals surface area contributed by atoms with Crippen LogP contribution in [-0.4, -0.2) is 0 Å². The Bertz CT molecular complexity index is 629. The number of halogens is 1. The van der Waals surface area contributed by atoms with E-state index in [9.17, 15) is 9.65 Å². The van der Waals surface area contributed by atoms with Gasteiger partial charge in [-0.25, -0.2) is 4.39 Å². The van der Waals surface area contributed by atoms with Crippen molar-refractivity contribution in [1.29, 1.82) is 5.26 Å². The lowest BCUT2D eigenvalue weighted by molar-refractivity contribution is 0.624. The normalized spacial score (nSPS) is 11.7. The van der Waals surface area contributed by atoms with Crippen LogP contribution in [0.3, 0.4) is 0 Å². The SMILES string of the molecule is Cc1ccccc1NC(C#N)c1cc(F)ccc1C. The smallest absolute Gasteiger partial charge is 0.140 e. The first kappa shape index (κ1) is 13.1. The molecule has 0 aliphatic heterocycles. The van der Waals surface area contributed by atoms with Crippen molar-refractivity contribution in [3.8, 4) is 6.07 Å². The van der Waals surface area contributed by atoms with Gasteiger partial charge < -0.3 is 5.32 Å². The molecule has 3 heteroatoms. The van der Waals surface area contributed by atoms with Gasteiger partial charge in [0.15, 0.2) is 0 Å². The van der Waals surface area contributed by atoms with Gasteiger partial charge in [-0.3, -0.25) is 0 Å². The minimum Gasteiger partial charge on any atom is -0.366 e. The molecule has 0 aliphatic rings. The number of anilines is 1. The first-order valence-electron chi connectivity index (χ1n) is 6.09. The number of hydrogen-bond donors (Lipinski definition) is 1. The molecular weight excluding hydrogens is 239 g/mol. The lowest BCUT2D eigenvalue weighted by Crippen LogP contribution is -2.11. The Morgan fingerprint density at radius 2 is 1.84 bits per heavy atom. The van der Waals surface area contributed by atoms with Gasteiger partial charge in [0, 0.05) is 5.69 Å². The van der Waals surface area contributed by atoms with Gasteiger partial charge in [-0.1, -0.05) is 24.3 Å². The summed E-state index contributed by atoms with van der Waals surface area (Å²) in [5.41, 5.74) is 3.51. The van der Waals surface area contributed by atoms with Crippen molar-refractivity contribution >= 4 is 5.69 Å². The standard InChI is InChI=1S/C16H15FN2/c1-11-7-8-13(17)9-14(11)16(10-18)19-15-6-4-3-5-12(15)2/h3-9,16,19H,1-2H3. The van der Waals surface area contributed by atoms with E-state index in [1.54, 1.807) is 6.07 Å². The fourth-order valence-electron chi connectivity index (χ4n) is 1.99. The van der Waals surface area contributed by atoms with Crippen molar-refractivity contribution in [3.63, 3.8) is 0 Å². The Balaban J connectivity index is 2.34. The van der Waals surface area contributed by atoms with E-state index in [-0.39, 0.29) is 5.82 Å². The number of nitrogens with one attached hydrogen (secondary N) is 1. The summed E-state index contributed by atoms with van der Waals surface area (Å²) in [7, 11) is 0. The summed E-state index contributed by atoms with van der Waals surface area (Å²) in [6, 6.07) is 13.9. The highest BCUT2D eigenvalue weighted by Crippen LogP contribution is 2.24. The average molecular weight is 254 g/mol. The average Bonchev–Trinajstić information content (AvgIpc) is 2.41. The second-order valence-corrected chi connectivity index (χ2v) is 4.52. The van der Waals surface area contributed by atoms with Crippen molar-refractivity contribution in [2.75, 3.05) is 5.32 Å². The first-order valence-corrected chi connectivity index (χ1v) is 6.09. The highest BCUT2D eigenvalue weighted by Gasteiger charge is 2.14. The van der Waals surface area contributed by atoms with Crippen LogP contribution in [0.25, 0.3) is 0 Å². The van der Waals surface area contributed by atoms with E-state index in [1.807, 2.05) is 38.1 Å². The molecule has 0 aromatic heterocycles. The van der Waals surface area contributed by atoms with Gasteiger partial charge in [-0.15, -0.1) is 0 Å². The molecule has 96 valence electrons. The largest absolute Gasteiger partial charge is 0.366 e. The third kappa shape index (κ3) is 2.92. The van der Waals surface area contributed by atoms with Gasteiger partial charge in [0.05, 0.1) is 6.07 Å². The molecule has 1 N–H and O–H groups in total. The van der Waals surface area contributed by atoms with Gasteiger partial charge >= 0.3 is 0 Å². The van der Waals surface area contributed by atoms with Gasteiger partial charge in [0.1, 0.15) is 11.9 Å². The molecule has 2 aromatic carbocycles. The van der Waals surface area contributed by atoms with Crippen molar-refractivity contribution < 1.29 is 4.39 Å². The van der Waals surface area contributed by atoms with Gasteiger partial charge in [-0.2, -0.15) is 5.26 Å². The maximum Gasteiger partial charge on any atom is 0.140 e. The predicted molar refractivity (Wildman–Crippen MR) is 74.3 cm³/mol. The van der Waals surface area contributed by atoms with Gasteiger partial charge in [0.25, 0.3) is 0 Å². The van der Waals surface area contributed by atoms with E-state index in [0.717, 1.165) is 16.8 Å². The molecule has 0 bridgehead atoms. The number of nitrogens with zero attached hydrogens (tertiary/aromatic N) is 1. The summed E-state index contributed by atoms with van der Waals surface area (Å²) >= 11 is 0. The molecule has 0 saturated heterocycles. The topological polar surface area (TPSA) is 35.8 Å². The van der Waals surface area contributed by atoms with E-state index in [0.29, 0.717) is 5.56 Å². The minimum atomic E-state index is -0.559. The number of hydrogen-bond acceptors (Lipinski definition) is 2. The molecule has 0 saturated carbocycles. The molecule has 1 atom stereocenters. The number of aryl methyl sites for hydroxylation is 2. The van der Waals surface area contributed by atoms with E-state index in [1.165, 1.54) is 12.1 Å². The molecule has 0 amide bonds. The van der Waals surface area contributed by atoms with Crippen LogP contribution in [0.2, 0.25) is 0 Å². The van der Waals surface area contributed by atoms with Crippen LogP contribution < -0.4 is 5.32 Å². The number of nitriles is 1. The molecule has 2 nitrogen and oxygen atoms in total. The monoisotopic (exact) mass is 254 g/mol. The van der Waals surface area contributed by atoms with Gasteiger partial charge in [0.2, 0.25) is 0 Å². The number of para-hydroxylation sites is 1. The lowest BCUT2D eigenvalue weighted by Gasteiger charge is -2.17. The molecule has 0 heterocycles. The zero-order chi connectivity index (χ0) is 13.8. The Morgan fingerprint density at radius 1 is 1.11 bits per heavy atom. The van der Waals surface area contributed by atoms with E-state index < -0.39 is 6.04 Å². The van der Waals surface area contributed by atoms with Crippen LogP contribution in [0.1, 0.15) is 22.7 Å². The number of rotatable bonds is 3. The van der Waals surface area contributed by atoms with Crippen molar-refractivity contribution in [1.82, 2.24) is 0 Å².